The molecule has 0 aromatic rings. The number of carbonyl (C=O) groups is 1. The van der Waals surface area contributed by atoms with Crippen LogP contribution in [0.15, 0.2) is 0 Å². The van der Waals surface area contributed by atoms with Crippen LogP contribution in [0, 0.1) is 5.92 Å². The summed E-state index contributed by atoms with van der Waals surface area (Å²) < 4.78 is 0. The van der Waals surface area contributed by atoms with E-state index in [0.717, 1.165) is 19.5 Å². The molecule has 1 saturated heterocycles. The highest BCUT2D eigenvalue weighted by molar-refractivity contribution is 5.74. The Bertz CT molecular complexity index is 297. The lowest BCUT2D eigenvalue weighted by Gasteiger charge is -2.35. The topological polar surface area (TPSA) is 64.6 Å². The van der Waals surface area contributed by atoms with Gasteiger partial charge < -0.3 is 15.7 Å². The van der Waals surface area contributed by atoms with E-state index in [4.69, 9.17) is 0 Å². The van der Waals surface area contributed by atoms with E-state index < -0.39 is 0 Å². The Hall–Kier alpha value is -0.810. The maximum Gasteiger partial charge on any atom is 0.315 e. The summed E-state index contributed by atoms with van der Waals surface area (Å²) in [5.41, 5.74) is 0. The van der Waals surface area contributed by atoms with Gasteiger partial charge in [-0.05, 0) is 38.1 Å². The third-order valence-electron chi connectivity index (χ3n) is 4.22. The summed E-state index contributed by atoms with van der Waals surface area (Å²) in [6, 6.07) is 0.359. The lowest BCUT2D eigenvalue weighted by atomic mass is 10.0. The SMILES string of the molecule is CCC1CCCCN1CCNC(=O)NC(CO)CC(C)C. The van der Waals surface area contributed by atoms with Gasteiger partial charge in [0.05, 0.1) is 12.6 Å². The molecule has 124 valence electrons. The Morgan fingerprint density at radius 3 is 2.76 bits per heavy atom. The molecule has 1 aliphatic rings. The number of carbonyl (C=O) groups excluding carboxylic acids is 1. The second-order valence-corrected chi connectivity index (χ2v) is 6.50. The highest BCUT2D eigenvalue weighted by Gasteiger charge is 2.20. The summed E-state index contributed by atoms with van der Waals surface area (Å²) in [7, 11) is 0. The number of rotatable bonds is 8. The Balaban J connectivity index is 2.22. The molecule has 0 saturated carbocycles. The molecule has 3 N–H and O–H groups in total. The number of hydrogen-bond donors (Lipinski definition) is 3. The first-order valence-corrected chi connectivity index (χ1v) is 8.46. The standard InChI is InChI=1S/C16H33N3O2/c1-4-15-7-5-6-9-19(15)10-8-17-16(21)18-14(12-20)11-13(2)3/h13-15,20H,4-12H2,1-3H3,(H2,17,18,21). The summed E-state index contributed by atoms with van der Waals surface area (Å²) in [5.74, 6) is 0.459. The van der Waals surface area contributed by atoms with Gasteiger partial charge in [0.2, 0.25) is 0 Å². The van der Waals surface area contributed by atoms with Gasteiger partial charge in [0.1, 0.15) is 0 Å². The fraction of sp³-hybridized carbons (Fsp3) is 0.938. The first kappa shape index (κ1) is 18.2. The molecule has 0 bridgehead atoms. The van der Waals surface area contributed by atoms with Crippen LogP contribution in [0.2, 0.25) is 0 Å². The number of aliphatic hydroxyl groups excluding tert-OH is 1. The van der Waals surface area contributed by atoms with Gasteiger partial charge in [0.25, 0.3) is 0 Å². The van der Waals surface area contributed by atoms with Gasteiger partial charge in [-0.3, -0.25) is 4.90 Å². The summed E-state index contributed by atoms with van der Waals surface area (Å²) >= 11 is 0. The van der Waals surface area contributed by atoms with E-state index in [1.807, 2.05) is 0 Å². The molecular formula is C16H33N3O2. The van der Waals surface area contributed by atoms with Crippen LogP contribution in [0.4, 0.5) is 4.79 Å². The normalized spacial score (nSPS) is 21.3. The lowest BCUT2D eigenvalue weighted by molar-refractivity contribution is 0.145. The maximum absolute atomic E-state index is 11.8. The molecule has 1 heterocycles. The van der Waals surface area contributed by atoms with Crippen LogP contribution in [0.3, 0.4) is 0 Å². The van der Waals surface area contributed by atoms with Crippen LogP contribution in [0.5, 0.6) is 0 Å². The van der Waals surface area contributed by atoms with E-state index in [0.29, 0.717) is 18.5 Å². The fourth-order valence-corrected chi connectivity index (χ4v) is 3.11. The minimum Gasteiger partial charge on any atom is -0.394 e. The zero-order valence-electron chi connectivity index (χ0n) is 13.9. The predicted molar refractivity (Wildman–Crippen MR) is 86.4 cm³/mol. The van der Waals surface area contributed by atoms with Gasteiger partial charge in [-0.1, -0.05) is 27.2 Å². The molecule has 2 amide bonds. The number of likely N-dealkylation sites (tertiary alicyclic amines) is 1. The van der Waals surface area contributed by atoms with Gasteiger partial charge in [-0.2, -0.15) is 0 Å². The van der Waals surface area contributed by atoms with Crippen molar-refractivity contribution in [2.75, 3.05) is 26.2 Å². The summed E-state index contributed by atoms with van der Waals surface area (Å²) in [6.07, 6.45) is 5.87. The Morgan fingerprint density at radius 1 is 1.38 bits per heavy atom. The molecule has 5 nitrogen and oxygen atoms in total. The first-order valence-electron chi connectivity index (χ1n) is 8.46. The monoisotopic (exact) mass is 299 g/mol. The smallest absolute Gasteiger partial charge is 0.315 e. The molecular weight excluding hydrogens is 266 g/mol. The fourth-order valence-electron chi connectivity index (χ4n) is 3.11. The van der Waals surface area contributed by atoms with Gasteiger partial charge >= 0.3 is 6.03 Å². The molecule has 2 unspecified atom stereocenters. The molecule has 0 aromatic heterocycles. The maximum atomic E-state index is 11.8. The average molecular weight is 299 g/mol. The molecule has 1 fully saturated rings. The Morgan fingerprint density at radius 2 is 2.14 bits per heavy atom. The molecule has 21 heavy (non-hydrogen) atoms. The van der Waals surface area contributed by atoms with Crippen molar-refractivity contribution in [2.24, 2.45) is 5.92 Å². The van der Waals surface area contributed by atoms with Crippen LogP contribution < -0.4 is 10.6 Å². The van der Waals surface area contributed by atoms with Crippen LogP contribution in [0.25, 0.3) is 0 Å². The first-order chi connectivity index (χ1) is 10.1. The Labute approximate surface area is 129 Å². The third kappa shape index (κ3) is 7.14. The van der Waals surface area contributed by atoms with E-state index in [-0.39, 0.29) is 18.7 Å². The number of aliphatic hydroxyl groups is 1. The van der Waals surface area contributed by atoms with Crippen molar-refractivity contribution in [1.29, 1.82) is 0 Å². The van der Waals surface area contributed by atoms with Gasteiger partial charge in [-0.25, -0.2) is 4.79 Å². The van der Waals surface area contributed by atoms with Crippen molar-refractivity contribution in [2.45, 2.75) is 65.0 Å². The quantitative estimate of drug-likeness (QED) is 0.642. The largest absolute Gasteiger partial charge is 0.394 e. The Kier molecular flexibility index (Phi) is 8.69. The zero-order chi connectivity index (χ0) is 15.7. The van der Waals surface area contributed by atoms with Crippen LogP contribution >= 0.6 is 0 Å². The molecule has 1 rings (SSSR count). The van der Waals surface area contributed by atoms with Crippen LogP contribution in [-0.2, 0) is 0 Å². The van der Waals surface area contributed by atoms with E-state index >= 15 is 0 Å². The summed E-state index contributed by atoms with van der Waals surface area (Å²) in [5, 5.41) is 15.0. The minimum atomic E-state index is -0.167. The van der Waals surface area contributed by atoms with Crippen molar-refractivity contribution < 1.29 is 9.90 Å². The molecule has 2 atom stereocenters. The van der Waals surface area contributed by atoms with Crippen molar-refractivity contribution in [1.82, 2.24) is 15.5 Å². The van der Waals surface area contributed by atoms with Crippen LogP contribution in [-0.4, -0.2) is 54.4 Å². The second kappa shape index (κ2) is 10.0. The third-order valence-corrected chi connectivity index (χ3v) is 4.22. The van der Waals surface area contributed by atoms with Gasteiger partial charge in [-0.15, -0.1) is 0 Å². The van der Waals surface area contributed by atoms with E-state index in [9.17, 15) is 9.90 Å². The summed E-state index contributed by atoms with van der Waals surface area (Å²) in [4.78, 5) is 14.3. The molecule has 0 aromatic carbocycles. The lowest BCUT2D eigenvalue weighted by Crippen LogP contribution is -2.48. The summed E-state index contributed by atoms with van der Waals surface area (Å²) in [6.45, 7) is 9.14. The molecule has 0 radical (unpaired) electrons. The van der Waals surface area contributed by atoms with E-state index in [2.05, 4.69) is 36.3 Å². The number of amides is 2. The van der Waals surface area contributed by atoms with Crippen molar-refractivity contribution >= 4 is 6.03 Å². The number of piperidine rings is 1. The minimum absolute atomic E-state index is 0.00433. The molecule has 0 spiro atoms. The van der Waals surface area contributed by atoms with Gasteiger partial charge in [0.15, 0.2) is 0 Å². The highest BCUT2D eigenvalue weighted by atomic mass is 16.3. The average Bonchev–Trinajstić information content (AvgIpc) is 2.46. The molecule has 1 aliphatic heterocycles. The van der Waals surface area contributed by atoms with Gasteiger partial charge in [0, 0.05) is 19.1 Å². The van der Waals surface area contributed by atoms with Crippen LogP contribution in [0.1, 0.15) is 52.9 Å². The van der Waals surface area contributed by atoms with E-state index in [1.165, 1.54) is 25.7 Å². The van der Waals surface area contributed by atoms with Crippen molar-refractivity contribution in [3.8, 4) is 0 Å². The zero-order valence-corrected chi connectivity index (χ0v) is 13.9. The second-order valence-electron chi connectivity index (χ2n) is 6.50. The van der Waals surface area contributed by atoms with Crippen molar-refractivity contribution in [3.05, 3.63) is 0 Å². The van der Waals surface area contributed by atoms with E-state index in [1.54, 1.807) is 0 Å². The van der Waals surface area contributed by atoms with Crippen molar-refractivity contribution in [3.63, 3.8) is 0 Å². The molecule has 0 aliphatic carbocycles. The number of hydrogen-bond acceptors (Lipinski definition) is 3. The predicted octanol–water partition coefficient (Wildman–Crippen LogP) is 1.96. The highest BCUT2D eigenvalue weighted by Crippen LogP contribution is 2.18. The number of nitrogens with one attached hydrogen (secondary N) is 2. The number of nitrogens with zero attached hydrogens (tertiary/aromatic N) is 1. The molecule has 5 heteroatoms. The number of urea groups is 1.